The maximum Gasteiger partial charge on any atom is 0.198 e. The van der Waals surface area contributed by atoms with Crippen LogP contribution in [0.5, 0.6) is 0 Å². The van der Waals surface area contributed by atoms with Crippen molar-refractivity contribution in [3.05, 3.63) is 0 Å². The van der Waals surface area contributed by atoms with Crippen LogP contribution in [0.2, 0.25) is 0 Å². The molecule has 2 saturated heterocycles. The van der Waals surface area contributed by atoms with Crippen LogP contribution in [0.1, 0.15) is 92.9 Å². The van der Waals surface area contributed by atoms with E-state index in [0.29, 0.717) is 29.6 Å². The predicted molar refractivity (Wildman–Crippen MR) is 125 cm³/mol. The summed E-state index contributed by atoms with van der Waals surface area (Å²) in [5.41, 5.74) is -1.45. The molecule has 2 heterocycles. The summed E-state index contributed by atoms with van der Waals surface area (Å²) >= 11 is 0. The number of fused-ring (bicyclic) bond motifs is 7. The third kappa shape index (κ3) is 2.78. The summed E-state index contributed by atoms with van der Waals surface area (Å²) in [6, 6.07) is 0. The molecule has 5 heteroatoms. The van der Waals surface area contributed by atoms with Crippen molar-refractivity contribution in [3.63, 3.8) is 0 Å². The first kappa shape index (κ1) is 23.2. The monoisotopic (exact) mass is 462 g/mol. The first-order valence-electron chi connectivity index (χ1n) is 13.7. The zero-order valence-corrected chi connectivity index (χ0v) is 21.5. The van der Waals surface area contributed by atoms with Crippen molar-refractivity contribution in [2.45, 2.75) is 128 Å². The highest BCUT2D eigenvalue weighted by Gasteiger charge is 2.77. The molecular weight excluding hydrogens is 416 g/mol. The van der Waals surface area contributed by atoms with Gasteiger partial charge in [0.1, 0.15) is 5.60 Å². The minimum Gasteiger partial charge on any atom is -0.393 e. The Bertz CT molecular complexity index is 825. The zero-order chi connectivity index (χ0) is 23.8. The second-order valence-corrected chi connectivity index (χ2v) is 14.4. The standard InChI is InChI=1S/C28H46O5/c1-15-13-28(33-24(15,2)3)27(6,31)23-21(32-28)12-19-18-8-7-16-11-17(29)9-10-25(16,4)22(18)20(30)14-26(19,23)5/h15-23,29-31H,7-14H2,1-6H3/t15-,16+,17-,18+,19+,20+,21+,22-,23+,25+,26+,27+,28+/m1/s1. The van der Waals surface area contributed by atoms with Crippen molar-refractivity contribution in [3.8, 4) is 0 Å². The molecular formula is C28H46O5. The molecule has 13 atom stereocenters. The van der Waals surface area contributed by atoms with Crippen molar-refractivity contribution >= 4 is 0 Å². The molecule has 5 nitrogen and oxygen atoms in total. The van der Waals surface area contributed by atoms with Crippen LogP contribution in [0.3, 0.4) is 0 Å². The second kappa shape index (κ2) is 6.76. The molecule has 0 aromatic rings. The molecule has 6 rings (SSSR count). The van der Waals surface area contributed by atoms with E-state index in [4.69, 9.17) is 9.47 Å². The average molecular weight is 463 g/mol. The Morgan fingerprint density at radius 1 is 0.879 bits per heavy atom. The van der Waals surface area contributed by atoms with Crippen LogP contribution in [0.25, 0.3) is 0 Å². The van der Waals surface area contributed by atoms with E-state index in [-0.39, 0.29) is 40.7 Å². The molecule has 188 valence electrons. The Morgan fingerprint density at radius 3 is 2.27 bits per heavy atom. The Kier molecular flexibility index (Phi) is 4.76. The number of rotatable bonds is 0. The van der Waals surface area contributed by atoms with Gasteiger partial charge >= 0.3 is 0 Å². The van der Waals surface area contributed by atoms with E-state index in [9.17, 15) is 15.3 Å². The number of hydrogen-bond acceptors (Lipinski definition) is 5. The van der Waals surface area contributed by atoms with E-state index in [0.717, 1.165) is 51.4 Å². The van der Waals surface area contributed by atoms with E-state index >= 15 is 0 Å². The quantitative estimate of drug-likeness (QED) is 0.501. The predicted octanol–water partition coefficient (Wildman–Crippen LogP) is 4.27. The minimum atomic E-state index is -1.08. The smallest absolute Gasteiger partial charge is 0.198 e. The van der Waals surface area contributed by atoms with Gasteiger partial charge in [0, 0.05) is 12.3 Å². The number of aliphatic hydroxyl groups is 3. The number of aliphatic hydroxyl groups excluding tert-OH is 2. The van der Waals surface area contributed by atoms with Crippen LogP contribution in [-0.2, 0) is 9.47 Å². The van der Waals surface area contributed by atoms with E-state index in [2.05, 4.69) is 34.6 Å². The molecule has 6 fully saturated rings. The maximum atomic E-state index is 12.2. The van der Waals surface area contributed by atoms with Gasteiger partial charge in [-0.2, -0.15) is 0 Å². The normalized spacial score (nSPS) is 63.7. The summed E-state index contributed by atoms with van der Waals surface area (Å²) in [5.74, 6) is 1.08. The Balaban J connectivity index is 1.34. The van der Waals surface area contributed by atoms with Gasteiger partial charge in [0.15, 0.2) is 5.79 Å². The molecule has 1 spiro atoms. The molecule has 0 aromatic carbocycles. The van der Waals surface area contributed by atoms with Crippen LogP contribution in [0, 0.1) is 46.3 Å². The van der Waals surface area contributed by atoms with Crippen molar-refractivity contribution in [2.24, 2.45) is 46.3 Å². The SMILES string of the molecule is C[C@@H]1C[C@]2(O[C@H]3C[C@H]4[C@@H]5CC[C@H]6C[C@H](O)CC[C@]6(C)[C@H]5[C@@H](O)C[C@]4(C)[C@H]3[C@]2(C)O)OC1(C)C. The lowest BCUT2D eigenvalue weighted by Gasteiger charge is -2.63. The molecule has 0 bridgehead atoms. The van der Waals surface area contributed by atoms with Gasteiger partial charge in [0.05, 0.1) is 23.9 Å². The van der Waals surface area contributed by atoms with Crippen LogP contribution in [0.15, 0.2) is 0 Å². The fourth-order valence-corrected chi connectivity index (χ4v) is 10.7. The Labute approximate surface area is 199 Å². The van der Waals surface area contributed by atoms with Crippen LogP contribution >= 0.6 is 0 Å². The lowest BCUT2D eigenvalue weighted by Crippen LogP contribution is -2.62. The third-order valence-corrected chi connectivity index (χ3v) is 12.5. The van der Waals surface area contributed by atoms with Crippen molar-refractivity contribution < 1.29 is 24.8 Å². The van der Waals surface area contributed by atoms with E-state index in [1.165, 1.54) is 0 Å². The summed E-state index contributed by atoms with van der Waals surface area (Å²) in [7, 11) is 0. The topological polar surface area (TPSA) is 79.2 Å². The second-order valence-electron chi connectivity index (χ2n) is 14.4. The molecule has 6 aliphatic rings. The van der Waals surface area contributed by atoms with Crippen molar-refractivity contribution in [1.29, 1.82) is 0 Å². The van der Waals surface area contributed by atoms with Crippen molar-refractivity contribution in [2.75, 3.05) is 0 Å². The lowest BCUT2D eigenvalue weighted by molar-refractivity contribution is -0.300. The summed E-state index contributed by atoms with van der Waals surface area (Å²) in [4.78, 5) is 0. The minimum absolute atomic E-state index is 0.0132. The summed E-state index contributed by atoms with van der Waals surface area (Å²) in [6.07, 6.45) is 6.94. The van der Waals surface area contributed by atoms with Crippen molar-refractivity contribution in [1.82, 2.24) is 0 Å². The van der Waals surface area contributed by atoms with Gasteiger partial charge < -0.3 is 24.8 Å². The van der Waals surface area contributed by atoms with Crippen LogP contribution < -0.4 is 0 Å². The lowest BCUT2D eigenvalue weighted by atomic mass is 9.43. The number of ether oxygens (including phenoxy) is 2. The molecule has 0 amide bonds. The Hall–Kier alpha value is -0.200. The molecule has 33 heavy (non-hydrogen) atoms. The van der Waals surface area contributed by atoms with Gasteiger partial charge in [0.2, 0.25) is 0 Å². The molecule has 2 aliphatic heterocycles. The fraction of sp³-hybridized carbons (Fsp3) is 1.00. The zero-order valence-electron chi connectivity index (χ0n) is 21.5. The Morgan fingerprint density at radius 2 is 1.61 bits per heavy atom. The van der Waals surface area contributed by atoms with E-state index < -0.39 is 11.4 Å². The largest absolute Gasteiger partial charge is 0.393 e. The highest BCUT2D eigenvalue weighted by Crippen LogP contribution is 2.72. The van der Waals surface area contributed by atoms with Crippen LogP contribution in [0.4, 0.5) is 0 Å². The van der Waals surface area contributed by atoms with Gasteiger partial charge in [-0.25, -0.2) is 0 Å². The summed E-state index contributed by atoms with van der Waals surface area (Å²) in [6.45, 7) is 13.1. The maximum absolute atomic E-state index is 12.2. The van der Waals surface area contributed by atoms with E-state index in [1.54, 1.807) is 0 Å². The van der Waals surface area contributed by atoms with Gasteiger partial charge in [-0.3, -0.25) is 0 Å². The fourth-order valence-electron chi connectivity index (χ4n) is 10.7. The highest BCUT2D eigenvalue weighted by molar-refractivity contribution is 5.22. The first-order valence-corrected chi connectivity index (χ1v) is 13.7. The van der Waals surface area contributed by atoms with Crippen LogP contribution in [-0.4, -0.2) is 50.6 Å². The molecule has 3 N–H and O–H groups in total. The summed E-state index contributed by atoms with van der Waals surface area (Å²) < 4.78 is 13.3. The number of hydrogen-bond donors (Lipinski definition) is 3. The van der Waals surface area contributed by atoms with E-state index in [1.807, 2.05) is 6.92 Å². The van der Waals surface area contributed by atoms with Gasteiger partial charge in [-0.05, 0) is 106 Å². The highest BCUT2D eigenvalue weighted by atomic mass is 16.7. The third-order valence-electron chi connectivity index (χ3n) is 12.5. The van der Waals surface area contributed by atoms with Gasteiger partial charge in [-0.1, -0.05) is 20.8 Å². The molecule has 0 unspecified atom stereocenters. The van der Waals surface area contributed by atoms with Gasteiger partial charge in [-0.15, -0.1) is 0 Å². The summed E-state index contributed by atoms with van der Waals surface area (Å²) in [5, 5.41) is 34.2. The average Bonchev–Trinajstić information content (AvgIpc) is 3.20. The molecule has 0 aromatic heterocycles. The molecule has 4 aliphatic carbocycles. The van der Waals surface area contributed by atoms with Gasteiger partial charge in [0.25, 0.3) is 0 Å². The molecule has 4 saturated carbocycles. The first-order chi connectivity index (χ1) is 15.3. The molecule has 0 radical (unpaired) electrons.